The highest BCUT2D eigenvalue weighted by Crippen LogP contribution is 2.17. The summed E-state index contributed by atoms with van der Waals surface area (Å²) in [6, 6.07) is 4.61. The molecule has 1 heterocycles. The number of halogens is 3. The van der Waals surface area contributed by atoms with Gasteiger partial charge in [0.15, 0.2) is 5.58 Å². The molecule has 1 aromatic heterocycles. The molecule has 1 aromatic carbocycles. The number of oxazole rings is 1. The molecule has 0 amide bonds. The molecule has 5 nitrogen and oxygen atoms in total. The first kappa shape index (κ1) is 13.5. The van der Waals surface area contributed by atoms with E-state index in [9.17, 15) is 18.0 Å². The van der Waals surface area contributed by atoms with E-state index in [0.717, 1.165) is 0 Å². The molecule has 2 N–H and O–H groups in total. The van der Waals surface area contributed by atoms with Crippen molar-refractivity contribution in [1.82, 2.24) is 4.57 Å². The van der Waals surface area contributed by atoms with E-state index in [1.165, 1.54) is 16.7 Å². The maximum absolute atomic E-state index is 11.9. The monoisotopic (exact) mass is 276 g/mol. The number of rotatable bonds is 4. The van der Waals surface area contributed by atoms with Crippen molar-refractivity contribution in [1.29, 1.82) is 0 Å². The van der Waals surface area contributed by atoms with Gasteiger partial charge in [-0.2, -0.15) is 13.2 Å². The zero-order valence-corrected chi connectivity index (χ0v) is 9.74. The number of hydrogen-bond acceptors (Lipinski definition) is 4. The second kappa shape index (κ2) is 4.96. The van der Waals surface area contributed by atoms with E-state index < -0.39 is 18.5 Å². The standard InChI is InChI=1S/C11H11F3N2O3/c12-11(13,14)6-18-4-3-16-8-5-7(15)1-2-9(8)19-10(16)17/h1-2,5H,3-4,6,15H2. The number of nitrogens with two attached hydrogens (primary N) is 1. The molecule has 104 valence electrons. The Balaban J connectivity index is 2.10. The van der Waals surface area contributed by atoms with E-state index >= 15 is 0 Å². The second-order valence-corrected chi connectivity index (χ2v) is 3.91. The molecule has 8 heteroatoms. The average molecular weight is 276 g/mol. The summed E-state index contributed by atoms with van der Waals surface area (Å²) in [4.78, 5) is 11.5. The molecule has 0 aliphatic rings. The first-order chi connectivity index (χ1) is 8.87. The van der Waals surface area contributed by atoms with Gasteiger partial charge in [0.1, 0.15) is 6.61 Å². The summed E-state index contributed by atoms with van der Waals surface area (Å²) in [6.45, 7) is -1.63. The van der Waals surface area contributed by atoms with Crippen molar-refractivity contribution in [2.24, 2.45) is 0 Å². The lowest BCUT2D eigenvalue weighted by Crippen LogP contribution is -2.22. The predicted octanol–water partition coefficient (Wildman–Crippen LogP) is 1.76. The maximum Gasteiger partial charge on any atom is 0.420 e. The summed E-state index contributed by atoms with van der Waals surface area (Å²) in [5.41, 5.74) is 6.77. The smallest absolute Gasteiger partial charge is 0.408 e. The third-order valence-corrected chi connectivity index (χ3v) is 2.42. The van der Waals surface area contributed by atoms with Crippen LogP contribution in [0, 0.1) is 0 Å². The molecule has 0 radical (unpaired) electrons. The van der Waals surface area contributed by atoms with Gasteiger partial charge in [0, 0.05) is 5.69 Å². The van der Waals surface area contributed by atoms with Crippen molar-refractivity contribution in [3.63, 3.8) is 0 Å². The number of anilines is 1. The Kier molecular flexibility index (Phi) is 3.52. The fraction of sp³-hybridized carbons (Fsp3) is 0.364. The van der Waals surface area contributed by atoms with E-state index in [0.29, 0.717) is 16.8 Å². The van der Waals surface area contributed by atoms with Crippen LogP contribution in [0.2, 0.25) is 0 Å². The molecule has 0 bridgehead atoms. The van der Waals surface area contributed by atoms with Gasteiger partial charge in [-0.3, -0.25) is 4.57 Å². The summed E-state index contributed by atoms with van der Waals surface area (Å²) in [5.74, 6) is -0.656. The summed E-state index contributed by atoms with van der Waals surface area (Å²) in [5, 5.41) is 0. The van der Waals surface area contributed by atoms with Crippen LogP contribution in [0.4, 0.5) is 18.9 Å². The lowest BCUT2D eigenvalue weighted by Gasteiger charge is -2.07. The Morgan fingerprint density at radius 3 is 2.79 bits per heavy atom. The molecule has 0 atom stereocenters. The number of nitrogens with zero attached hydrogens (tertiary/aromatic N) is 1. The third-order valence-electron chi connectivity index (χ3n) is 2.42. The number of aromatic nitrogens is 1. The van der Waals surface area contributed by atoms with Gasteiger partial charge in [0.25, 0.3) is 0 Å². The topological polar surface area (TPSA) is 70.4 Å². The van der Waals surface area contributed by atoms with Crippen LogP contribution in [0.25, 0.3) is 11.1 Å². The minimum absolute atomic E-state index is 0.0363. The molecule has 2 aromatic rings. The molecule has 19 heavy (non-hydrogen) atoms. The van der Waals surface area contributed by atoms with Crippen LogP contribution in [0.5, 0.6) is 0 Å². The van der Waals surface area contributed by atoms with Crippen LogP contribution in [0.15, 0.2) is 27.4 Å². The summed E-state index contributed by atoms with van der Waals surface area (Å²) < 4.78 is 46.2. The Hall–Kier alpha value is -1.96. The highest BCUT2D eigenvalue weighted by atomic mass is 19.4. The predicted molar refractivity (Wildman–Crippen MR) is 61.8 cm³/mol. The molecular formula is C11H11F3N2O3. The van der Waals surface area contributed by atoms with Gasteiger partial charge in [-0.25, -0.2) is 4.79 Å². The lowest BCUT2D eigenvalue weighted by atomic mass is 10.3. The number of benzene rings is 1. The van der Waals surface area contributed by atoms with Crippen molar-refractivity contribution < 1.29 is 22.3 Å². The fourth-order valence-electron chi connectivity index (χ4n) is 1.63. The van der Waals surface area contributed by atoms with Gasteiger partial charge < -0.3 is 14.9 Å². The highest BCUT2D eigenvalue weighted by Gasteiger charge is 2.27. The number of nitrogen functional groups attached to an aromatic ring is 1. The van der Waals surface area contributed by atoms with Crippen molar-refractivity contribution in [3.8, 4) is 0 Å². The molecule has 0 unspecified atom stereocenters. The molecule has 0 fully saturated rings. The molecule has 0 saturated carbocycles. The van der Waals surface area contributed by atoms with Crippen LogP contribution >= 0.6 is 0 Å². The zero-order chi connectivity index (χ0) is 14.0. The zero-order valence-electron chi connectivity index (χ0n) is 9.74. The van der Waals surface area contributed by atoms with E-state index in [1.807, 2.05) is 0 Å². The lowest BCUT2D eigenvalue weighted by molar-refractivity contribution is -0.174. The van der Waals surface area contributed by atoms with Crippen molar-refractivity contribution in [3.05, 3.63) is 28.7 Å². The molecular weight excluding hydrogens is 265 g/mol. The average Bonchev–Trinajstić information content (AvgIpc) is 2.59. The quantitative estimate of drug-likeness (QED) is 0.682. The van der Waals surface area contributed by atoms with Crippen molar-refractivity contribution >= 4 is 16.8 Å². The van der Waals surface area contributed by atoms with E-state index in [4.69, 9.17) is 10.2 Å². The molecule has 0 aliphatic carbocycles. The van der Waals surface area contributed by atoms with Gasteiger partial charge in [0.05, 0.1) is 18.7 Å². The number of ether oxygens (including phenoxy) is 1. The summed E-state index contributed by atoms with van der Waals surface area (Å²) in [6.07, 6.45) is -4.38. The molecule has 0 spiro atoms. The summed E-state index contributed by atoms with van der Waals surface area (Å²) >= 11 is 0. The largest absolute Gasteiger partial charge is 0.420 e. The Labute approximate surface area is 105 Å². The Bertz CT molecular complexity index is 630. The first-order valence-electron chi connectivity index (χ1n) is 5.40. The number of hydrogen-bond donors (Lipinski definition) is 1. The van der Waals surface area contributed by atoms with Crippen LogP contribution in [0.1, 0.15) is 0 Å². The molecule has 0 saturated heterocycles. The fourth-order valence-corrected chi connectivity index (χ4v) is 1.63. The van der Waals surface area contributed by atoms with Gasteiger partial charge in [-0.1, -0.05) is 0 Å². The van der Waals surface area contributed by atoms with E-state index in [2.05, 4.69) is 4.74 Å². The molecule has 2 rings (SSSR count). The van der Waals surface area contributed by atoms with Crippen molar-refractivity contribution in [2.45, 2.75) is 12.7 Å². The van der Waals surface area contributed by atoms with Gasteiger partial charge in [0.2, 0.25) is 0 Å². The third kappa shape index (κ3) is 3.28. The minimum atomic E-state index is -4.38. The van der Waals surface area contributed by atoms with Gasteiger partial charge in [-0.15, -0.1) is 0 Å². The van der Waals surface area contributed by atoms with E-state index in [-0.39, 0.29) is 13.2 Å². The Morgan fingerprint density at radius 1 is 1.37 bits per heavy atom. The van der Waals surface area contributed by atoms with E-state index in [1.54, 1.807) is 6.07 Å². The highest BCUT2D eigenvalue weighted by molar-refractivity contribution is 5.76. The minimum Gasteiger partial charge on any atom is -0.408 e. The van der Waals surface area contributed by atoms with Gasteiger partial charge >= 0.3 is 11.9 Å². The number of alkyl halides is 3. The SMILES string of the molecule is Nc1ccc2oc(=O)n(CCOCC(F)(F)F)c2c1. The van der Waals surface area contributed by atoms with Crippen LogP contribution in [-0.2, 0) is 11.3 Å². The van der Waals surface area contributed by atoms with Crippen LogP contribution in [0.3, 0.4) is 0 Å². The normalized spacial score (nSPS) is 12.2. The second-order valence-electron chi connectivity index (χ2n) is 3.91. The maximum atomic E-state index is 11.9. The Morgan fingerprint density at radius 2 is 2.11 bits per heavy atom. The first-order valence-corrected chi connectivity index (χ1v) is 5.40. The van der Waals surface area contributed by atoms with Gasteiger partial charge in [-0.05, 0) is 18.2 Å². The van der Waals surface area contributed by atoms with Crippen LogP contribution in [-0.4, -0.2) is 24.0 Å². The van der Waals surface area contributed by atoms with Crippen molar-refractivity contribution in [2.75, 3.05) is 18.9 Å². The summed E-state index contributed by atoms with van der Waals surface area (Å²) in [7, 11) is 0. The molecule has 0 aliphatic heterocycles. The van der Waals surface area contributed by atoms with Crippen LogP contribution < -0.4 is 11.5 Å². The number of fused-ring (bicyclic) bond motifs is 1.